The zero-order valence-corrected chi connectivity index (χ0v) is 20.9. The second kappa shape index (κ2) is 8.64. The third-order valence-electron chi connectivity index (χ3n) is 6.29. The van der Waals surface area contributed by atoms with Crippen molar-refractivity contribution < 1.29 is 9.90 Å². The highest BCUT2D eigenvalue weighted by Gasteiger charge is 2.22. The van der Waals surface area contributed by atoms with Gasteiger partial charge >= 0.3 is 5.97 Å². The maximum atomic E-state index is 11.5. The Balaban J connectivity index is 2.03. The molecule has 1 N–H and O–H groups in total. The Morgan fingerprint density at radius 2 is 1.32 bits per heavy atom. The molecule has 0 aliphatic rings. The molecule has 0 heterocycles. The van der Waals surface area contributed by atoms with Crippen molar-refractivity contribution in [3.8, 4) is 0 Å². The SMILES string of the molecule is CC(C)(C)c1cccc(N(c2ccc(C(=O)O)cc2)c2cc(C(C)(C)C)cc3ccccc23)c1. The van der Waals surface area contributed by atoms with Crippen molar-refractivity contribution in [2.24, 2.45) is 0 Å². The van der Waals surface area contributed by atoms with Crippen LogP contribution in [0.25, 0.3) is 10.8 Å². The van der Waals surface area contributed by atoms with Crippen molar-refractivity contribution in [2.45, 2.75) is 52.4 Å². The van der Waals surface area contributed by atoms with E-state index in [9.17, 15) is 9.90 Å². The number of anilines is 3. The lowest BCUT2D eigenvalue weighted by Gasteiger charge is -2.31. The van der Waals surface area contributed by atoms with Crippen LogP contribution in [0.3, 0.4) is 0 Å². The number of aromatic carboxylic acids is 1. The normalized spacial score (nSPS) is 12.1. The first-order valence-corrected chi connectivity index (χ1v) is 11.7. The monoisotopic (exact) mass is 451 g/mol. The largest absolute Gasteiger partial charge is 0.478 e. The summed E-state index contributed by atoms with van der Waals surface area (Å²) in [5.41, 5.74) is 5.81. The van der Waals surface area contributed by atoms with Gasteiger partial charge in [-0.2, -0.15) is 0 Å². The fourth-order valence-corrected chi connectivity index (χ4v) is 4.20. The first-order valence-electron chi connectivity index (χ1n) is 11.7. The molecular formula is C31H33NO2. The molecule has 0 aliphatic carbocycles. The van der Waals surface area contributed by atoms with Crippen LogP contribution in [0.2, 0.25) is 0 Å². The van der Waals surface area contributed by atoms with E-state index < -0.39 is 5.97 Å². The van der Waals surface area contributed by atoms with Gasteiger partial charge in [-0.05, 0) is 69.8 Å². The predicted molar refractivity (Wildman–Crippen MR) is 143 cm³/mol. The summed E-state index contributed by atoms with van der Waals surface area (Å²) in [7, 11) is 0. The Hall–Kier alpha value is -3.59. The molecule has 0 radical (unpaired) electrons. The third-order valence-corrected chi connectivity index (χ3v) is 6.29. The van der Waals surface area contributed by atoms with Gasteiger partial charge in [-0.25, -0.2) is 4.79 Å². The van der Waals surface area contributed by atoms with Crippen LogP contribution in [0.5, 0.6) is 0 Å². The molecule has 0 aromatic heterocycles. The summed E-state index contributed by atoms with van der Waals surface area (Å²) in [6, 6.07) is 28.8. The molecule has 3 heteroatoms. The molecule has 0 amide bonds. The molecular weight excluding hydrogens is 418 g/mol. The standard InChI is InChI=1S/C31H33NO2/c1-30(2,3)23-11-9-12-26(19-23)32(25-16-14-21(15-17-25)29(33)34)28-20-24(31(4,5)6)18-22-10-7-8-13-27(22)28/h7-20H,1-6H3,(H,33,34). The number of carbonyl (C=O) groups is 1. The van der Waals surface area contributed by atoms with E-state index in [4.69, 9.17) is 0 Å². The maximum Gasteiger partial charge on any atom is 0.335 e. The van der Waals surface area contributed by atoms with Gasteiger partial charge in [-0.3, -0.25) is 0 Å². The minimum Gasteiger partial charge on any atom is -0.478 e. The Labute approximate surface area is 202 Å². The molecule has 0 bridgehead atoms. The van der Waals surface area contributed by atoms with Crippen LogP contribution in [-0.2, 0) is 10.8 Å². The van der Waals surface area contributed by atoms with E-state index in [0.717, 1.165) is 22.4 Å². The highest BCUT2D eigenvalue weighted by Crippen LogP contribution is 2.42. The quantitative estimate of drug-likeness (QED) is 0.338. The Morgan fingerprint density at radius 3 is 1.94 bits per heavy atom. The molecule has 0 atom stereocenters. The lowest BCUT2D eigenvalue weighted by molar-refractivity contribution is 0.0697. The highest BCUT2D eigenvalue weighted by molar-refractivity contribution is 6.00. The zero-order valence-electron chi connectivity index (χ0n) is 20.9. The number of fused-ring (bicyclic) bond motifs is 1. The van der Waals surface area contributed by atoms with Gasteiger partial charge in [0, 0.05) is 16.8 Å². The van der Waals surface area contributed by atoms with Crippen molar-refractivity contribution in [3.05, 3.63) is 102 Å². The smallest absolute Gasteiger partial charge is 0.335 e. The molecule has 0 spiro atoms. The van der Waals surface area contributed by atoms with Gasteiger partial charge in [0.15, 0.2) is 0 Å². The fraction of sp³-hybridized carbons (Fsp3) is 0.258. The number of benzene rings is 4. The zero-order chi connectivity index (χ0) is 24.7. The topological polar surface area (TPSA) is 40.5 Å². The number of hydrogen-bond acceptors (Lipinski definition) is 2. The second-order valence-corrected chi connectivity index (χ2v) is 11.0. The Kier molecular flexibility index (Phi) is 5.99. The molecule has 34 heavy (non-hydrogen) atoms. The Bertz CT molecular complexity index is 1340. The summed E-state index contributed by atoms with van der Waals surface area (Å²) in [4.78, 5) is 13.7. The first kappa shape index (κ1) is 23.6. The van der Waals surface area contributed by atoms with Crippen LogP contribution in [0.4, 0.5) is 17.1 Å². The summed E-state index contributed by atoms with van der Waals surface area (Å²) in [5, 5.41) is 11.8. The fourth-order valence-electron chi connectivity index (χ4n) is 4.20. The van der Waals surface area contributed by atoms with Gasteiger partial charge in [0.1, 0.15) is 0 Å². The van der Waals surface area contributed by atoms with Crippen LogP contribution in [-0.4, -0.2) is 11.1 Å². The minimum atomic E-state index is -0.923. The molecule has 4 aromatic rings. The second-order valence-electron chi connectivity index (χ2n) is 11.0. The first-order chi connectivity index (χ1) is 15.9. The van der Waals surface area contributed by atoms with E-state index in [1.807, 2.05) is 12.1 Å². The number of carboxylic acid groups (broad SMARTS) is 1. The lowest BCUT2D eigenvalue weighted by Crippen LogP contribution is -2.16. The number of hydrogen-bond donors (Lipinski definition) is 1. The van der Waals surface area contributed by atoms with Gasteiger partial charge in [-0.1, -0.05) is 84.0 Å². The van der Waals surface area contributed by atoms with Gasteiger partial charge in [0.2, 0.25) is 0 Å². The van der Waals surface area contributed by atoms with Crippen molar-refractivity contribution in [3.63, 3.8) is 0 Å². The maximum absolute atomic E-state index is 11.5. The van der Waals surface area contributed by atoms with Gasteiger partial charge in [0.25, 0.3) is 0 Å². The van der Waals surface area contributed by atoms with Crippen molar-refractivity contribution in [1.82, 2.24) is 0 Å². The molecule has 0 saturated carbocycles. The third kappa shape index (κ3) is 4.70. The summed E-state index contributed by atoms with van der Waals surface area (Å²) < 4.78 is 0. The molecule has 4 rings (SSSR count). The molecule has 4 aromatic carbocycles. The highest BCUT2D eigenvalue weighted by atomic mass is 16.4. The van der Waals surface area contributed by atoms with Crippen molar-refractivity contribution in [2.75, 3.05) is 4.90 Å². The predicted octanol–water partition coefficient (Wildman–Crippen LogP) is 8.60. The van der Waals surface area contributed by atoms with E-state index in [-0.39, 0.29) is 16.4 Å². The summed E-state index contributed by atoms with van der Waals surface area (Å²) in [6.45, 7) is 13.3. The van der Waals surface area contributed by atoms with Crippen LogP contribution >= 0.6 is 0 Å². The van der Waals surface area contributed by atoms with Crippen LogP contribution in [0, 0.1) is 0 Å². The molecule has 3 nitrogen and oxygen atoms in total. The lowest BCUT2D eigenvalue weighted by atomic mass is 9.85. The molecule has 174 valence electrons. The molecule has 0 fully saturated rings. The van der Waals surface area contributed by atoms with Crippen LogP contribution in [0.15, 0.2) is 84.9 Å². The van der Waals surface area contributed by atoms with E-state index >= 15 is 0 Å². The van der Waals surface area contributed by atoms with E-state index in [1.54, 1.807) is 12.1 Å². The molecule has 0 unspecified atom stereocenters. The number of rotatable bonds is 4. The molecule has 0 aliphatic heterocycles. The minimum absolute atomic E-state index is 0.00414. The van der Waals surface area contributed by atoms with Gasteiger partial charge in [0.05, 0.1) is 11.3 Å². The average molecular weight is 452 g/mol. The van der Waals surface area contributed by atoms with Crippen molar-refractivity contribution in [1.29, 1.82) is 0 Å². The molecule has 0 saturated heterocycles. The van der Waals surface area contributed by atoms with E-state index in [0.29, 0.717) is 0 Å². The summed E-state index contributed by atoms with van der Waals surface area (Å²) in [5.74, 6) is -0.923. The summed E-state index contributed by atoms with van der Waals surface area (Å²) >= 11 is 0. The van der Waals surface area contributed by atoms with Crippen LogP contribution in [0.1, 0.15) is 63.0 Å². The summed E-state index contributed by atoms with van der Waals surface area (Å²) in [6.07, 6.45) is 0. The van der Waals surface area contributed by atoms with Crippen molar-refractivity contribution >= 4 is 33.8 Å². The number of carboxylic acids is 1. The Morgan fingerprint density at radius 1 is 0.676 bits per heavy atom. The van der Waals surface area contributed by atoms with E-state index in [2.05, 4.69) is 107 Å². The van der Waals surface area contributed by atoms with E-state index in [1.165, 1.54) is 16.5 Å². The average Bonchev–Trinajstić information content (AvgIpc) is 2.78. The van der Waals surface area contributed by atoms with Crippen LogP contribution < -0.4 is 4.90 Å². The number of nitrogens with zero attached hydrogens (tertiary/aromatic N) is 1. The van der Waals surface area contributed by atoms with Gasteiger partial charge < -0.3 is 10.0 Å². The van der Waals surface area contributed by atoms with Gasteiger partial charge in [-0.15, -0.1) is 0 Å².